The lowest BCUT2D eigenvalue weighted by molar-refractivity contribution is -0.140. The van der Waals surface area contributed by atoms with Crippen molar-refractivity contribution in [2.45, 2.75) is 24.0 Å². The van der Waals surface area contributed by atoms with Crippen LogP contribution in [0.25, 0.3) is 0 Å². The molecule has 0 fully saturated rings. The minimum Gasteiger partial charge on any atom is -0.480 e. The SMILES string of the molecule is CC(NS(=O)(=O)c1ccc(F)cc1C(F)(F)F)C(=O)O. The second-order valence-corrected chi connectivity index (χ2v) is 5.50. The molecule has 0 aliphatic rings. The first-order valence-corrected chi connectivity index (χ1v) is 6.55. The maximum absolute atomic E-state index is 12.8. The Hall–Kier alpha value is -1.68. The van der Waals surface area contributed by atoms with Gasteiger partial charge in [-0.05, 0) is 25.1 Å². The van der Waals surface area contributed by atoms with E-state index in [1.807, 2.05) is 0 Å². The fraction of sp³-hybridized carbons (Fsp3) is 0.300. The van der Waals surface area contributed by atoms with Gasteiger partial charge in [0.2, 0.25) is 10.0 Å². The predicted molar refractivity (Wildman–Crippen MR) is 58.8 cm³/mol. The van der Waals surface area contributed by atoms with Crippen LogP contribution >= 0.6 is 0 Å². The van der Waals surface area contributed by atoms with Gasteiger partial charge in [0, 0.05) is 0 Å². The fourth-order valence-corrected chi connectivity index (χ4v) is 2.71. The van der Waals surface area contributed by atoms with E-state index in [4.69, 9.17) is 5.11 Å². The number of aliphatic carboxylic acids is 1. The van der Waals surface area contributed by atoms with E-state index in [0.29, 0.717) is 12.1 Å². The van der Waals surface area contributed by atoms with Crippen LogP contribution in [0.3, 0.4) is 0 Å². The van der Waals surface area contributed by atoms with Crippen molar-refractivity contribution in [1.29, 1.82) is 0 Å². The summed E-state index contributed by atoms with van der Waals surface area (Å²) in [5, 5.41) is 8.56. The smallest absolute Gasteiger partial charge is 0.417 e. The number of hydrogen-bond acceptors (Lipinski definition) is 3. The third kappa shape index (κ3) is 3.67. The number of benzene rings is 1. The van der Waals surface area contributed by atoms with Crippen LogP contribution in [-0.4, -0.2) is 25.5 Å². The summed E-state index contributed by atoms with van der Waals surface area (Å²) in [6.07, 6.45) is -5.10. The standard InChI is InChI=1S/C10H9F4NO4S/c1-5(9(16)17)15-20(18,19)8-3-2-6(11)4-7(8)10(12,13)14/h2-5,15H,1H3,(H,16,17). The quantitative estimate of drug-likeness (QED) is 0.827. The molecule has 0 saturated carbocycles. The van der Waals surface area contributed by atoms with E-state index in [2.05, 4.69) is 0 Å². The Morgan fingerprint density at radius 3 is 2.35 bits per heavy atom. The molecule has 20 heavy (non-hydrogen) atoms. The zero-order chi connectivity index (χ0) is 15.7. The van der Waals surface area contributed by atoms with E-state index >= 15 is 0 Å². The first kappa shape index (κ1) is 16.4. The van der Waals surface area contributed by atoms with Crippen molar-refractivity contribution in [3.05, 3.63) is 29.6 Å². The minimum absolute atomic E-state index is 0.0278. The molecule has 0 aromatic heterocycles. The number of halogens is 4. The molecule has 1 atom stereocenters. The maximum atomic E-state index is 12.8. The molecule has 1 aromatic carbocycles. The molecule has 0 bridgehead atoms. The van der Waals surface area contributed by atoms with Gasteiger partial charge in [-0.1, -0.05) is 0 Å². The lowest BCUT2D eigenvalue weighted by Gasteiger charge is -2.15. The normalized spacial score (nSPS) is 14.1. The Kier molecular flexibility index (Phi) is 4.39. The zero-order valence-corrected chi connectivity index (χ0v) is 10.7. The summed E-state index contributed by atoms with van der Waals surface area (Å²) in [6.45, 7) is 0.941. The van der Waals surface area contributed by atoms with Crippen LogP contribution in [0.1, 0.15) is 12.5 Å². The van der Waals surface area contributed by atoms with Crippen molar-refractivity contribution in [2.75, 3.05) is 0 Å². The summed E-state index contributed by atoms with van der Waals surface area (Å²) < 4.78 is 75.9. The van der Waals surface area contributed by atoms with Crippen molar-refractivity contribution in [3.63, 3.8) is 0 Å². The van der Waals surface area contributed by atoms with Gasteiger partial charge in [-0.25, -0.2) is 12.8 Å². The molecule has 10 heteroatoms. The van der Waals surface area contributed by atoms with Gasteiger partial charge in [0.15, 0.2) is 0 Å². The molecule has 0 spiro atoms. The highest BCUT2D eigenvalue weighted by atomic mass is 32.2. The number of carboxylic acid groups (broad SMARTS) is 1. The molecule has 1 rings (SSSR count). The topological polar surface area (TPSA) is 83.5 Å². The van der Waals surface area contributed by atoms with Gasteiger partial charge in [0.25, 0.3) is 0 Å². The lowest BCUT2D eigenvalue weighted by atomic mass is 10.2. The molecule has 1 aromatic rings. The highest BCUT2D eigenvalue weighted by Crippen LogP contribution is 2.34. The molecule has 0 amide bonds. The molecule has 1 unspecified atom stereocenters. The number of nitrogens with one attached hydrogen (secondary N) is 1. The zero-order valence-electron chi connectivity index (χ0n) is 9.90. The van der Waals surface area contributed by atoms with Gasteiger partial charge in [-0.3, -0.25) is 4.79 Å². The Morgan fingerprint density at radius 1 is 1.35 bits per heavy atom. The maximum Gasteiger partial charge on any atom is 0.417 e. The summed E-state index contributed by atoms with van der Waals surface area (Å²) in [5.74, 6) is -2.83. The molecular weight excluding hydrogens is 306 g/mol. The highest BCUT2D eigenvalue weighted by molar-refractivity contribution is 7.89. The van der Waals surface area contributed by atoms with E-state index in [0.717, 1.165) is 6.92 Å². The predicted octanol–water partition coefficient (Wildman–Crippen LogP) is 1.60. The Labute approximate surface area is 111 Å². The van der Waals surface area contributed by atoms with Crippen LogP contribution in [-0.2, 0) is 21.0 Å². The van der Waals surface area contributed by atoms with Crippen LogP contribution in [0.2, 0.25) is 0 Å². The third-order valence-electron chi connectivity index (χ3n) is 2.24. The highest BCUT2D eigenvalue weighted by Gasteiger charge is 2.38. The van der Waals surface area contributed by atoms with Crippen molar-refractivity contribution >= 4 is 16.0 Å². The minimum atomic E-state index is -5.10. The van der Waals surface area contributed by atoms with Crippen molar-refractivity contribution in [3.8, 4) is 0 Å². The number of carbonyl (C=O) groups is 1. The van der Waals surface area contributed by atoms with Gasteiger partial charge >= 0.3 is 12.1 Å². The van der Waals surface area contributed by atoms with E-state index < -0.39 is 44.5 Å². The number of carboxylic acids is 1. The first-order chi connectivity index (χ1) is 8.95. The monoisotopic (exact) mass is 315 g/mol. The molecule has 0 saturated heterocycles. The summed E-state index contributed by atoms with van der Waals surface area (Å²) in [6, 6.07) is -0.643. The number of hydrogen-bond donors (Lipinski definition) is 2. The van der Waals surface area contributed by atoms with Crippen LogP contribution in [0.5, 0.6) is 0 Å². The van der Waals surface area contributed by atoms with Gasteiger partial charge in [0.1, 0.15) is 11.9 Å². The van der Waals surface area contributed by atoms with Crippen LogP contribution in [0, 0.1) is 5.82 Å². The average molecular weight is 315 g/mol. The summed E-state index contributed by atoms with van der Waals surface area (Å²) >= 11 is 0. The first-order valence-electron chi connectivity index (χ1n) is 5.07. The molecule has 0 heterocycles. The molecule has 0 radical (unpaired) electrons. The van der Waals surface area contributed by atoms with E-state index in [1.54, 1.807) is 4.72 Å². The number of rotatable bonds is 4. The van der Waals surface area contributed by atoms with Gasteiger partial charge < -0.3 is 5.11 Å². The van der Waals surface area contributed by atoms with Gasteiger partial charge in [-0.2, -0.15) is 17.9 Å². The second-order valence-electron chi connectivity index (χ2n) is 3.82. The number of alkyl halides is 3. The van der Waals surface area contributed by atoms with Crippen molar-refractivity contribution in [1.82, 2.24) is 4.72 Å². The Bertz CT molecular complexity index is 627. The number of sulfonamides is 1. The molecule has 5 nitrogen and oxygen atoms in total. The second kappa shape index (κ2) is 5.37. The average Bonchev–Trinajstić information content (AvgIpc) is 2.26. The largest absolute Gasteiger partial charge is 0.480 e. The third-order valence-corrected chi connectivity index (χ3v) is 3.84. The van der Waals surface area contributed by atoms with E-state index in [1.165, 1.54) is 0 Å². The summed E-state index contributed by atoms with van der Waals surface area (Å²) in [7, 11) is -4.75. The van der Waals surface area contributed by atoms with Gasteiger partial charge in [-0.15, -0.1) is 0 Å². The fourth-order valence-electron chi connectivity index (χ4n) is 1.30. The molecule has 112 valence electrons. The van der Waals surface area contributed by atoms with E-state index in [9.17, 15) is 30.8 Å². The lowest BCUT2D eigenvalue weighted by Crippen LogP contribution is -2.39. The Balaban J connectivity index is 3.36. The summed E-state index contributed by atoms with van der Waals surface area (Å²) in [4.78, 5) is 9.30. The Morgan fingerprint density at radius 2 is 1.90 bits per heavy atom. The van der Waals surface area contributed by atoms with E-state index in [-0.39, 0.29) is 6.07 Å². The van der Waals surface area contributed by atoms with Crippen LogP contribution in [0.15, 0.2) is 23.1 Å². The molecular formula is C10H9F4NO4S. The summed E-state index contributed by atoms with van der Waals surface area (Å²) in [5.41, 5.74) is -1.71. The van der Waals surface area contributed by atoms with Crippen molar-refractivity contribution < 1.29 is 35.9 Å². The van der Waals surface area contributed by atoms with Gasteiger partial charge in [0.05, 0.1) is 10.5 Å². The molecule has 0 aliphatic heterocycles. The molecule has 2 N–H and O–H groups in total. The van der Waals surface area contributed by atoms with Crippen molar-refractivity contribution in [2.24, 2.45) is 0 Å². The van der Waals surface area contributed by atoms with Crippen LogP contribution in [0.4, 0.5) is 17.6 Å². The molecule has 0 aliphatic carbocycles. The van der Waals surface area contributed by atoms with Crippen LogP contribution < -0.4 is 4.72 Å².